The Balaban J connectivity index is 1.65. The Morgan fingerprint density at radius 3 is 2.57 bits per heavy atom. The van der Waals surface area contributed by atoms with Gasteiger partial charge in [-0.15, -0.1) is 11.6 Å². The Morgan fingerprint density at radius 2 is 1.97 bits per heavy atom. The van der Waals surface area contributed by atoms with Crippen molar-refractivity contribution < 1.29 is 29.4 Å². The molecule has 0 aromatic heterocycles. The average Bonchev–Trinajstić information content (AvgIpc) is 3.58. The third-order valence-corrected chi connectivity index (χ3v) is 13.0. The van der Waals surface area contributed by atoms with E-state index in [4.69, 9.17) is 21.2 Å². The number of hydroxylamine groups is 2. The lowest BCUT2D eigenvalue weighted by atomic mass is 9.45. The van der Waals surface area contributed by atoms with Crippen LogP contribution in [-0.4, -0.2) is 128 Å². The first kappa shape index (κ1) is 49.0. The van der Waals surface area contributed by atoms with Crippen LogP contribution in [0.5, 0.6) is 5.75 Å². The highest BCUT2D eigenvalue weighted by atomic mass is 35.5. The van der Waals surface area contributed by atoms with Gasteiger partial charge in [-0.05, 0) is 80.7 Å². The Bertz CT molecular complexity index is 1740. The highest BCUT2D eigenvalue weighted by molar-refractivity contribution is 6.18. The molecule has 4 aliphatic rings. The van der Waals surface area contributed by atoms with Crippen molar-refractivity contribution in [3.8, 4) is 5.75 Å². The molecule has 2 amide bonds. The lowest BCUT2D eigenvalue weighted by Crippen LogP contribution is -2.62. The van der Waals surface area contributed by atoms with Crippen molar-refractivity contribution in [1.29, 1.82) is 0 Å². The van der Waals surface area contributed by atoms with Crippen molar-refractivity contribution in [1.82, 2.24) is 25.9 Å². The van der Waals surface area contributed by atoms with Gasteiger partial charge in [0, 0.05) is 72.9 Å². The second-order valence-electron chi connectivity index (χ2n) is 17.5. The van der Waals surface area contributed by atoms with E-state index in [9.17, 15) is 19.8 Å². The van der Waals surface area contributed by atoms with Crippen LogP contribution in [0.15, 0.2) is 78.4 Å². The maximum Gasteiger partial charge on any atom is 0.250 e. The summed E-state index contributed by atoms with van der Waals surface area (Å²) in [6, 6.07) is 4.64. The average molecular weight is 852 g/mol. The number of halogens is 1. The van der Waals surface area contributed by atoms with Crippen LogP contribution in [0.1, 0.15) is 64.5 Å². The molecular weight excluding hydrogens is 780 g/mol. The van der Waals surface area contributed by atoms with E-state index in [1.54, 1.807) is 37.3 Å². The topological polar surface area (TPSA) is 148 Å². The Morgan fingerprint density at radius 1 is 1.22 bits per heavy atom. The van der Waals surface area contributed by atoms with E-state index < -0.39 is 24.2 Å². The van der Waals surface area contributed by atoms with E-state index in [0.29, 0.717) is 79.5 Å². The summed E-state index contributed by atoms with van der Waals surface area (Å²) in [6.07, 6.45) is 10.2. The first-order chi connectivity index (χ1) is 28.6. The summed E-state index contributed by atoms with van der Waals surface area (Å²) in [5.74, 6) is 1.22. The minimum absolute atomic E-state index is 0.0124. The molecule has 3 saturated carbocycles. The number of allylic oxidation sites excluding steroid dienone is 4. The van der Waals surface area contributed by atoms with Crippen molar-refractivity contribution in [3.63, 3.8) is 0 Å². The van der Waals surface area contributed by atoms with Gasteiger partial charge in [-0.1, -0.05) is 76.9 Å². The molecular formula is C47H71ClN6O6. The van der Waals surface area contributed by atoms with Gasteiger partial charge in [0.25, 0.3) is 5.91 Å². The molecule has 9 atom stereocenters. The number of rotatable bonds is 24. The van der Waals surface area contributed by atoms with Crippen LogP contribution in [0.3, 0.4) is 0 Å². The molecule has 60 heavy (non-hydrogen) atoms. The fourth-order valence-electron chi connectivity index (χ4n) is 9.50. The number of amides is 2. The Hall–Kier alpha value is -3.62. The van der Waals surface area contributed by atoms with Crippen molar-refractivity contribution in [2.45, 2.75) is 90.3 Å². The number of ether oxygens (including phenoxy) is 1. The van der Waals surface area contributed by atoms with E-state index in [1.807, 2.05) is 49.5 Å². The van der Waals surface area contributed by atoms with Crippen LogP contribution in [-0.2, 0) is 21.0 Å². The number of hydrogen-bond donors (Lipinski definition) is 5. The molecule has 332 valence electrons. The first-order valence-electron chi connectivity index (χ1n) is 21.3. The number of methoxy groups -OCH3 is 1. The Kier molecular flexibility index (Phi) is 18.8. The zero-order valence-corrected chi connectivity index (χ0v) is 37.7. The number of para-hydroxylation sites is 1. The fraction of sp³-hybridized carbons (Fsp3) is 0.596. The molecule has 4 fully saturated rings. The second kappa shape index (κ2) is 23.0. The third-order valence-electron chi connectivity index (χ3n) is 12.8. The Labute approximate surface area is 363 Å². The van der Waals surface area contributed by atoms with Gasteiger partial charge in [0.05, 0.1) is 32.9 Å². The van der Waals surface area contributed by atoms with E-state index in [1.165, 1.54) is 6.42 Å². The van der Waals surface area contributed by atoms with Gasteiger partial charge in [0.1, 0.15) is 17.9 Å². The maximum absolute atomic E-state index is 14.4. The largest absolute Gasteiger partial charge is 0.496 e. The van der Waals surface area contributed by atoms with E-state index in [2.05, 4.69) is 61.5 Å². The number of alkyl halides is 1. The summed E-state index contributed by atoms with van der Waals surface area (Å²) in [7, 11) is 5.49. The summed E-state index contributed by atoms with van der Waals surface area (Å²) >= 11 is 5.81. The second-order valence-corrected chi connectivity index (χ2v) is 17.9. The number of hydrogen-bond acceptors (Lipinski definition) is 10. The molecule has 5 N–H and O–H groups in total. The number of aliphatic imine (C=N–C) groups is 1. The van der Waals surface area contributed by atoms with Crippen LogP contribution in [0.25, 0.3) is 5.57 Å². The van der Waals surface area contributed by atoms with Gasteiger partial charge in [-0.3, -0.25) is 19.4 Å². The molecule has 12 nitrogen and oxygen atoms in total. The molecule has 1 heterocycles. The standard InChI is InChI=1S/C47H71ClN6O6/c1-11-14-33(12-2)24-37(28-53(8)9)51-45(57)30(3)23-34(17-19-49-21-22-50-20-18-48)38-16-13-15-35(44(38)59-10)27-54-43(42(32(5)56)41(29-55)60-54)46(58)52-40-26-36-25-39(31(40)4)47(36,6)7/h11-16,19,23,31-32,36-37,39-43,50,55-56H,1-3,17-18,20-22,24-29H2,4-10H3,(H,51,57)(H,52,58)/b33-14+,34-23?,49-19?/t31-,32-,36+,37-,39-,40-,41-,42-,43-/m0/s1. The molecule has 0 spiro atoms. The van der Waals surface area contributed by atoms with Crippen LogP contribution < -0.4 is 20.7 Å². The molecule has 1 aliphatic heterocycles. The van der Waals surface area contributed by atoms with Crippen molar-refractivity contribution in [2.75, 3.05) is 59.9 Å². The van der Waals surface area contributed by atoms with Crippen molar-refractivity contribution in [2.24, 2.45) is 34.1 Å². The molecule has 0 unspecified atom stereocenters. The van der Waals surface area contributed by atoms with Gasteiger partial charge in [-0.2, -0.15) is 5.06 Å². The number of aliphatic hydroxyl groups is 2. The predicted molar refractivity (Wildman–Crippen MR) is 243 cm³/mol. The monoisotopic (exact) mass is 851 g/mol. The van der Waals surface area contributed by atoms with Gasteiger partial charge in [0.2, 0.25) is 5.91 Å². The van der Waals surface area contributed by atoms with E-state index in [0.717, 1.165) is 17.6 Å². The van der Waals surface area contributed by atoms with Gasteiger partial charge in [0.15, 0.2) is 0 Å². The highest BCUT2D eigenvalue weighted by Crippen LogP contribution is 2.61. The number of benzene rings is 1. The number of likely N-dealkylation sites (N-methyl/N-ethyl adjacent to an activating group) is 1. The third kappa shape index (κ3) is 12.3. The first-order valence-corrected chi connectivity index (χ1v) is 21.9. The van der Waals surface area contributed by atoms with Crippen molar-refractivity contribution >= 4 is 35.2 Å². The molecule has 5 rings (SSSR count). The minimum atomic E-state index is -0.929. The van der Waals surface area contributed by atoms with Crippen LogP contribution in [0.2, 0.25) is 0 Å². The van der Waals surface area contributed by atoms with Gasteiger partial charge < -0.3 is 35.8 Å². The summed E-state index contributed by atoms with van der Waals surface area (Å²) in [5.41, 5.74) is 3.64. The summed E-state index contributed by atoms with van der Waals surface area (Å²) in [4.78, 5) is 41.1. The molecule has 0 radical (unpaired) electrons. The number of fused-ring (bicyclic) bond motifs is 2. The summed E-state index contributed by atoms with van der Waals surface area (Å²) in [5, 5.41) is 32.8. The number of nitrogens with zero attached hydrogens (tertiary/aromatic N) is 3. The van der Waals surface area contributed by atoms with E-state index in [-0.39, 0.29) is 48.0 Å². The van der Waals surface area contributed by atoms with Crippen LogP contribution in [0.4, 0.5) is 0 Å². The molecule has 1 saturated heterocycles. The number of aliphatic hydroxyl groups excluding tert-OH is 2. The number of carbonyl (C=O) groups is 2. The SMILES string of the molecule is C=C/C=C(\C=C)C[C@@H](CN(C)C)NC(=O)C(=C)C=C(CC=NCCNCCCl)c1cccc(CN2O[C@@H](CO)[C@H]([C@H](C)O)[C@H]2C(=O)N[C@H]2C[C@H]3C[C@@H]([C@@H]2C)C3(C)C)c1OC. The van der Waals surface area contributed by atoms with Crippen LogP contribution >= 0.6 is 11.6 Å². The van der Waals surface area contributed by atoms with E-state index >= 15 is 0 Å². The van der Waals surface area contributed by atoms with Crippen LogP contribution in [0, 0.1) is 29.1 Å². The smallest absolute Gasteiger partial charge is 0.250 e. The maximum atomic E-state index is 14.4. The number of carbonyl (C=O) groups excluding carboxylic acids is 2. The van der Waals surface area contributed by atoms with Crippen molar-refractivity contribution in [3.05, 3.63) is 84.5 Å². The van der Waals surface area contributed by atoms with Gasteiger partial charge >= 0.3 is 0 Å². The van der Waals surface area contributed by atoms with Gasteiger partial charge in [-0.25, -0.2) is 0 Å². The minimum Gasteiger partial charge on any atom is -0.496 e. The molecule has 13 heteroatoms. The zero-order chi connectivity index (χ0) is 44.1. The molecule has 3 aliphatic carbocycles. The zero-order valence-electron chi connectivity index (χ0n) is 37.0. The lowest BCUT2D eigenvalue weighted by Gasteiger charge is -2.62. The highest BCUT2D eigenvalue weighted by Gasteiger charge is 2.57. The normalized spacial score (nSPS) is 26.4. The summed E-state index contributed by atoms with van der Waals surface area (Å²) in [6.45, 7) is 22.7. The predicted octanol–water partition coefficient (Wildman–Crippen LogP) is 5.32. The quantitative estimate of drug-likeness (QED) is 0.0307. The fourth-order valence-corrected chi connectivity index (χ4v) is 9.64. The molecule has 2 bridgehead atoms. The number of nitrogens with one attached hydrogen (secondary N) is 3. The molecule has 1 aromatic carbocycles. The molecule has 1 aromatic rings. The summed E-state index contributed by atoms with van der Waals surface area (Å²) < 4.78 is 6.12. The lowest BCUT2D eigenvalue weighted by molar-refractivity contribution is -0.183.